The van der Waals surface area contributed by atoms with Gasteiger partial charge < -0.3 is 28.5 Å². The smallest absolute Gasteiger partial charge is 0.341 e. The van der Waals surface area contributed by atoms with Crippen LogP contribution in [0.15, 0.2) is 65.8 Å². The third kappa shape index (κ3) is 3.55. The zero-order valence-corrected chi connectivity index (χ0v) is 17.0. The van der Waals surface area contributed by atoms with Crippen LogP contribution in [0.4, 0.5) is 0 Å². The molecule has 0 bridgehead atoms. The molecule has 2 aliphatic heterocycles. The van der Waals surface area contributed by atoms with Gasteiger partial charge in [-0.3, -0.25) is 0 Å². The van der Waals surface area contributed by atoms with Gasteiger partial charge in [-0.25, -0.2) is 4.98 Å². The molecule has 2 aliphatic rings. The number of rotatable bonds is 7. The Kier molecular flexibility index (Phi) is 4.90. The number of fused-ring (bicyclic) bond motifs is 1. The first kappa shape index (κ1) is 19.2. The van der Waals surface area contributed by atoms with Gasteiger partial charge in [0.05, 0.1) is 38.4 Å². The van der Waals surface area contributed by atoms with Crippen molar-refractivity contribution in [1.82, 2.24) is 35.1 Å². The van der Waals surface area contributed by atoms with Crippen molar-refractivity contribution in [2.75, 3.05) is 13.2 Å². The minimum Gasteiger partial charge on any atom is -0.468 e. The standard InChI is InChI=1S/C21H21N7O4/c1-2-16(29-9-1)10-23-17-11-30-20-18(12-31-19(17)20)28-21(24-25-26-28)32-15-5-3-14(4-6-15)27-8-7-22-13-27/h1-9,13,17-20,23H,10-12H2/t17-,18-,19+,20+/m0/s1. The highest BCUT2D eigenvalue weighted by Crippen LogP contribution is 2.36. The van der Waals surface area contributed by atoms with E-state index in [4.69, 9.17) is 18.6 Å². The minimum absolute atomic E-state index is 0.0617. The summed E-state index contributed by atoms with van der Waals surface area (Å²) < 4.78 is 27.0. The minimum atomic E-state index is -0.175. The van der Waals surface area contributed by atoms with E-state index < -0.39 is 0 Å². The third-order valence-corrected chi connectivity index (χ3v) is 5.77. The van der Waals surface area contributed by atoms with E-state index in [1.54, 1.807) is 23.5 Å². The first-order chi connectivity index (χ1) is 15.8. The lowest BCUT2D eigenvalue weighted by atomic mass is 10.1. The molecule has 5 heterocycles. The number of furan rings is 1. The van der Waals surface area contributed by atoms with Gasteiger partial charge in [-0.2, -0.15) is 4.68 Å². The van der Waals surface area contributed by atoms with E-state index in [1.807, 2.05) is 47.2 Å². The van der Waals surface area contributed by atoms with Crippen molar-refractivity contribution in [2.45, 2.75) is 30.8 Å². The van der Waals surface area contributed by atoms with Crippen molar-refractivity contribution in [3.05, 3.63) is 67.1 Å². The molecule has 0 spiro atoms. The average Bonchev–Trinajstić information content (AvgIpc) is 3.63. The van der Waals surface area contributed by atoms with E-state index in [0.29, 0.717) is 31.5 Å². The molecule has 164 valence electrons. The Balaban J connectivity index is 1.13. The molecule has 0 aliphatic carbocycles. The lowest BCUT2D eigenvalue weighted by molar-refractivity contribution is 0.0611. The summed E-state index contributed by atoms with van der Waals surface area (Å²) in [6, 6.07) is 11.6. The highest BCUT2D eigenvalue weighted by Gasteiger charge is 2.49. The molecule has 2 saturated heterocycles. The lowest BCUT2D eigenvalue weighted by Crippen LogP contribution is -2.40. The summed E-state index contributed by atoms with van der Waals surface area (Å²) in [6.07, 6.45) is 6.76. The third-order valence-electron chi connectivity index (χ3n) is 5.77. The van der Waals surface area contributed by atoms with E-state index in [9.17, 15) is 0 Å². The Hall–Kier alpha value is -3.54. The number of hydrogen-bond donors (Lipinski definition) is 1. The lowest BCUT2D eigenvalue weighted by Gasteiger charge is -2.17. The molecule has 1 N–H and O–H groups in total. The highest BCUT2D eigenvalue weighted by atomic mass is 16.6. The Morgan fingerprint density at radius 3 is 2.81 bits per heavy atom. The maximum atomic E-state index is 6.06. The molecule has 0 amide bonds. The van der Waals surface area contributed by atoms with Crippen molar-refractivity contribution in [3.63, 3.8) is 0 Å². The number of nitrogens with one attached hydrogen (secondary N) is 1. The van der Waals surface area contributed by atoms with Crippen LogP contribution >= 0.6 is 0 Å². The molecular formula is C21H21N7O4. The number of ether oxygens (including phenoxy) is 3. The van der Waals surface area contributed by atoms with E-state index in [0.717, 1.165) is 11.4 Å². The summed E-state index contributed by atoms with van der Waals surface area (Å²) >= 11 is 0. The average molecular weight is 435 g/mol. The molecule has 11 nitrogen and oxygen atoms in total. The van der Waals surface area contributed by atoms with Crippen LogP contribution in [0, 0.1) is 0 Å². The van der Waals surface area contributed by atoms with Crippen LogP contribution in [-0.2, 0) is 16.0 Å². The van der Waals surface area contributed by atoms with Gasteiger partial charge in [-0.1, -0.05) is 5.10 Å². The van der Waals surface area contributed by atoms with Gasteiger partial charge in [0, 0.05) is 18.1 Å². The summed E-state index contributed by atoms with van der Waals surface area (Å²) in [6.45, 7) is 1.60. The summed E-state index contributed by atoms with van der Waals surface area (Å²) in [5.74, 6) is 1.50. The van der Waals surface area contributed by atoms with Gasteiger partial charge >= 0.3 is 6.01 Å². The number of nitrogens with zero attached hydrogens (tertiary/aromatic N) is 6. The Bertz CT molecular complexity index is 1140. The van der Waals surface area contributed by atoms with E-state index >= 15 is 0 Å². The molecule has 4 aromatic rings. The van der Waals surface area contributed by atoms with Crippen LogP contribution in [0.3, 0.4) is 0 Å². The fourth-order valence-electron chi connectivity index (χ4n) is 4.17. The summed E-state index contributed by atoms with van der Waals surface area (Å²) in [4.78, 5) is 4.06. The maximum absolute atomic E-state index is 6.06. The van der Waals surface area contributed by atoms with Crippen LogP contribution in [0.25, 0.3) is 5.69 Å². The largest absolute Gasteiger partial charge is 0.468 e. The zero-order valence-electron chi connectivity index (χ0n) is 17.0. The second-order valence-corrected chi connectivity index (χ2v) is 7.70. The second-order valence-electron chi connectivity index (χ2n) is 7.70. The molecule has 32 heavy (non-hydrogen) atoms. The summed E-state index contributed by atoms with van der Waals surface area (Å²) in [5.41, 5.74) is 0.980. The van der Waals surface area contributed by atoms with Crippen molar-refractivity contribution in [3.8, 4) is 17.4 Å². The molecule has 0 unspecified atom stereocenters. The molecule has 11 heteroatoms. The Morgan fingerprint density at radius 2 is 2.00 bits per heavy atom. The maximum Gasteiger partial charge on any atom is 0.341 e. The number of aromatic nitrogens is 6. The van der Waals surface area contributed by atoms with Crippen LogP contribution in [0.1, 0.15) is 11.8 Å². The van der Waals surface area contributed by atoms with Crippen molar-refractivity contribution in [2.24, 2.45) is 0 Å². The molecule has 0 saturated carbocycles. The highest BCUT2D eigenvalue weighted by molar-refractivity contribution is 5.38. The topological polar surface area (TPSA) is 114 Å². The molecule has 6 rings (SSSR count). The molecular weight excluding hydrogens is 414 g/mol. The predicted molar refractivity (Wildman–Crippen MR) is 109 cm³/mol. The molecule has 0 radical (unpaired) electrons. The monoisotopic (exact) mass is 435 g/mol. The predicted octanol–water partition coefficient (Wildman–Crippen LogP) is 1.74. The fourth-order valence-corrected chi connectivity index (χ4v) is 4.17. The number of hydrogen-bond acceptors (Lipinski definition) is 9. The molecule has 2 fully saturated rings. The normalized spacial score (nSPS) is 24.6. The Morgan fingerprint density at radius 1 is 1.09 bits per heavy atom. The number of tetrazole rings is 1. The van der Waals surface area contributed by atoms with Crippen molar-refractivity contribution >= 4 is 0 Å². The van der Waals surface area contributed by atoms with Crippen molar-refractivity contribution < 1.29 is 18.6 Å². The summed E-state index contributed by atoms with van der Waals surface area (Å²) in [5, 5.41) is 15.5. The van der Waals surface area contributed by atoms with E-state index in [1.165, 1.54) is 0 Å². The van der Waals surface area contributed by atoms with Gasteiger partial charge in [0.2, 0.25) is 0 Å². The zero-order chi connectivity index (χ0) is 21.3. The number of imidazole rings is 1. The SMILES string of the molecule is c1coc(CN[C@H]2CO[C@H]3[C@@H]2OC[C@@H]3n2nnnc2Oc2ccc(-n3ccnc3)cc2)c1. The van der Waals surface area contributed by atoms with E-state index in [-0.39, 0.29) is 24.3 Å². The van der Waals surface area contributed by atoms with Crippen LogP contribution in [0.5, 0.6) is 11.8 Å². The molecule has 1 aromatic carbocycles. The quantitative estimate of drug-likeness (QED) is 0.463. The van der Waals surface area contributed by atoms with Gasteiger partial charge in [0.25, 0.3) is 0 Å². The molecule has 4 atom stereocenters. The van der Waals surface area contributed by atoms with Gasteiger partial charge in [-0.15, -0.1) is 0 Å². The van der Waals surface area contributed by atoms with Crippen LogP contribution in [-0.4, -0.2) is 61.2 Å². The fraction of sp³-hybridized carbons (Fsp3) is 0.333. The molecule has 3 aromatic heterocycles. The Labute approximate surface area is 182 Å². The first-order valence-electron chi connectivity index (χ1n) is 10.4. The van der Waals surface area contributed by atoms with Gasteiger partial charge in [0.15, 0.2) is 0 Å². The first-order valence-corrected chi connectivity index (χ1v) is 10.4. The van der Waals surface area contributed by atoms with Gasteiger partial charge in [0.1, 0.15) is 29.8 Å². The second kappa shape index (κ2) is 8.19. The van der Waals surface area contributed by atoms with E-state index in [2.05, 4.69) is 25.8 Å². The van der Waals surface area contributed by atoms with Gasteiger partial charge in [-0.05, 0) is 46.8 Å². The van der Waals surface area contributed by atoms with Crippen LogP contribution in [0.2, 0.25) is 0 Å². The summed E-state index contributed by atoms with van der Waals surface area (Å²) in [7, 11) is 0. The number of benzene rings is 1. The van der Waals surface area contributed by atoms with Crippen LogP contribution < -0.4 is 10.1 Å². The van der Waals surface area contributed by atoms with Crippen molar-refractivity contribution in [1.29, 1.82) is 0 Å².